The number of ether oxygens (including phenoxy) is 1. The lowest BCUT2D eigenvalue weighted by Crippen LogP contribution is -2.14. The van der Waals surface area contributed by atoms with E-state index < -0.39 is 5.97 Å². The number of ketones is 1. The molecule has 0 bridgehead atoms. The summed E-state index contributed by atoms with van der Waals surface area (Å²) in [5.74, 6) is -0.575. The summed E-state index contributed by atoms with van der Waals surface area (Å²) in [4.78, 5) is 21.6. The van der Waals surface area contributed by atoms with E-state index in [9.17, 15) is 9.59 Å². The third-order valence-corrected chi connectivity index (χ3v) is 1.27. The number of hydrogen-bond donors (Lipinski definition) is 0. The fraction of sp³-hybridized carbons (Fsp3) is 0.714. The van der Waals surface area contributed by atoms with E-state index in [0.29, 0.717) is 6.61 Å². The minimum Gasteiger partial charge on any atom is -0.466 e. The molecule has 0 aliphatic rings. The highest BCUT2D eigenvalue weighted by Crippen LogP contribution is 2.02. The first-order chi connectivity index (χ1) is 5.07. The quantitative estimate of drug-likeness (QED) is 0.325. The summed E-state index contributed by atoms with van der Waals surface area (Å²) in [6.07, 6.45) is -0.0918. The lowest BCUT2D eigenvalue weighted by molar-refractivity contribution is -0.145. The molecule has 62 valence electrons. The van der Waals surface area contributed by atoms with Gasteiger partial charge < -0.3 is 4.74 Å². The second kappa shape index (κ2) is 4.94. The molecule has 1 atom stereocenters. The lowest BCUT2D eigenvalue weighted by Gasteiger charge is -2.02. The van der Waals surface area contributed by atoms with Gasteiger partial charge in [0.05, 0.1) is 6.61 Å². The predicted molar refractivity (Wildman–Crippen MR) is 44.2 cm³/mol. The summed E-state index contributed by atoms with van der Waals surface area (Å²) in [6, 6.07) is 0. The maximum Gasteiger partial charge on any atom is 0.313 e. The van der Waals surface area contributed by atoms with Crippen LogP contribution in [0.5, 0.6) is 0 Å². The summed E-state index contributed by atoms with van der Waals surface area (Å²) < 4.78 is 4.60. The van der Waals surface area contributed by atoms with Crippen LogP contribution in [-0.4, -0.2) is 26.2 Å². The highest BCUT2D eigenvalue weighted by molar-refractivity contribution is 6.25. The standard InChI is InChI=1S/C7H13BO3/c1-3-11-7(10)4-6(9)5(2)8/h5H,3-4,8H2,1-2H3. The van der Waals surface area contributed by atoms with Gasteiger partial charge in [0.2, 0.25) is 0 Å². The van der Waals surface area contributed by atoms with Crippen molar-refractivity contribution in [3.63, 3.8) is 0 Å². The van der Waals surface area contributed by atoms with Gasteiger partial charge in [0.1, 0.15) is 20.1 Å². The van der Waals surface area contributed by atoms with Gasteiger partial charge in [-0.05, 0) is 12.7 Å². The highest BCUT2D eigenvalue weighted by atomic mass is 16.5. The van der Waals surface area contributed by atoms with Crippen molar-refractivity contribution in [1.82, 2.24) is 0 Å². The zero-order chi connectivity index (χ0) is 8.85. The number of hydrogen-bond acceptors (Lipinski definition) is 3. The van der Waals surface area contributed by atoms with Gasteiger partial charge in [0, 0.05) is 0 Å². The molecule has 0 rings (SSSR count). The minimum atomic E-state index is -0.425. The van der Waals surface area contributed by atoms with E-state index in [0.717, 1.165) is 0 Å². The summed E-state index contributed by atoms with van der Waals surface area (Å²) >= 11 is 0. The van der Waals surface area contributed by atoms with Crippen molar-refractivity contribution in [1.29, 1.82) is 0 Å². The Hall–Kier alpha value is -0.795. The topological polar surface area (TPSA) is 43.4 Å². The molecule has 0 heterocycles. The second-order valence-corrected chi connectivity index (χ2v) is 2.60. The lowest BCUT2D eigenvalue weighted by atomic mass is 9.84. The average Bonchev–Trinajstić information content (AvgIpc) is 1.87. The van der Waals surface area contributed by atoms with Crippen LogP contribution in [0.25, 0.3) is 0 Å². The molecule has 3 nitrogen and oxygen atoms in total. The number of rotatable bonds is 4. The van der Waals surface area contributed by atoms with Crippen LogP contribution in [0.15, 0.2) is 0 Å². The molecule has 0 radical (unpaired) electrons. The predicted octanol–water partition coefficient (Wildman–Crippen LogP) is -0.0498. The van der Waals surface area contributed by atoms with Crippen LogP contribution in [0, 0.1) is 0 Å². The van der Waals surface area contributed by atoms with Crippen molar-refractivity contribution in [3.05, 3.63) is 0 Å². The SMILES string of the molecule is BC(C)C(=O)CC(=O)OCC. The van der Waals surface area contributed by atoms with Crippen LogP contribution < -0.4 is 0 Å². The Morgan fingerprint density at radius 1 is 1.55 bits per heavy atom. The number of esters is 1. The molecule has 0 saturated carbocycles. The van der Waals surface area contributed by atoms with Gasteiger partial charge in [0.25, 0.3) is 0 Å². The molecule has 0 N–H and O–H groups in total. The van der Waals surface area contributed by atoms with Crippen molar-refractivity contribution in [2.75, 3.05) is 6.61 Å². The maximum absolute atomic E-state index is 10.9. The van der Waals surface area contributed by atoms with E-state index in [-0.39, 0.29) is 18.0 Å². The first kappa shape index (κ1) is 10.2. The van der Waals surface area contributed by atoms with E-state index in [1.807, 2.05) is 0 Å². The molecule has 0 amide bonds. The molecular formula is C7H13BO3. The Bertz CT molecular complexity index is 154. The van der Waals surface area contributed by atoms with E-state index in [1.165, 1.54) is 0 Å². The van der Waals surface area contributed by atoms with E-state index in [1.54, 1.807) is 21.7 Å². The van der Waals surface area contributed by atoms with Crippen LogP contribution >= 0.6 is 0 Å². The van der Waals surface area contributed by atoms with Crippen molar-refractivity contribution in [2.24, 2.45) is 0 Å². The van der Waals surface area contributed by atoms with E-state index in [2.05, 4.69) is 4.74 Å². The highest BCUT2D eigenvalue weighted by Gasteiger charge is 2.12. The molecule has 0 saturated heterocycles. The van der Waals surface area contributed by atoms with Crippen LogP contribution in [0.1, 0.15) is 20.3 Å². The number of carbonyl (C=O) groups is 2. The fourth-order valence-electron chi connectivity index (χ4n) is 0.558. The molecule has 0 aromatic carbocycles. The molecule has 0 fully saturated rings. The Labute approximate surface area is 67.5 Å². The molecule has 0 aromatic heterocycles. The van der Waals surface area contributed by atoms with Gasteiger partial charge in [-0.2, -0.15) is 0 Å². The third kappa shape index (κ3) is 4.59. The Morgan fingerprint density at radius 3 is 2.45 bits per heavy atom. The summed E-state index contributed by atoms with van der Waals surface area (Å²) in [5, 5.41) is 0. The van der Waals surface area contributed by atoms with Crippen LogP contribution in [0.2, 0.25) is 5.82 Å². The number of Topliss-reactive ketones (excluding diaryl/α,β-unsaturated/α-hetero) is 1. The molecule has 0 aromatic rings. The molecule has 0 aliphatic carbocycles. The minimum absolute atomic E-state index is 0.0662. The molecule has 0 spiro atoms. The molecule has 4 heteroatoms. The molecular weight excluding hydrogens is 143 g/mol. The van der Waals surface area contributed by atoms with Crippen molar-refractivity contribution in [3.8, 4) is 0 Å². The van der Waals surface area contributed by atoms with Gasteiger partial charge in [-0.3, -0.25) is 9.59 Å². The fourth-order valence-corrected chi connectivity index (χ4v) is 0.558. The third-order valence-electron chi connectivity index (χ3n) is 1.27. The largest absolute Gasteiger partial charge is 0.466 e. The van der Waals surface area contributed by atoms with Gasteiger partial charge in [-0.15, -0.1) is 0 Å². The molecule has 0 aliphatic heterocycles. The summed E-state index contributed by atoms with van der Waals surface area (Å²) in [5.41, 5.74) is 0. The summed E-state index contributed by atoms with van der Waals surface area (Å²) in [7, 11) is 1.77. The van der Waals surface area contributed by atoms with Crippen LogP contribution in [0.4, 0.5) is 0 Å². The Morgan fingerprint density at radius 2 is 2.09 bits per heavy atom. The average molecular weight is 156 g/mol. The van der Waals surface area contributed by atoms with Crippen LogP contribution in [0.3, 0.4) is 0 Å². The zero-order valence-electron chi connectivity index (χ0n) is 7.22. The van der Waals surface area contributed by atoms with E-state index in [4.69, 9.17) is 0 Å². The Kier molecular flexibility index (Phi) is 4.58. The first-order valence-corrected chi connectivity index (χ1v) is 3.76. The van der Waals surface area contributed by atoms with Crippen molar-refractivity contribution in [2.45, 2.75) is 26.1 Å². The number of carbonyl (C=O) groups excluding carboxylic acids is 2. The van der Waals surface area contributed by atoms with Gasteiger partial charge in [-0.1, -0.05) is 6.92 Å². The Balaban J connectivity index is 3.67. The van der Waals surface area contributed by atoms with Crippen molar-refractivity contribution < 1.29 is 14.3 Å². The van der Waals surface area contributed by atoms with Gasteiger partial charge in [0.15, 0.2) is 0 Å². The van der Waals surface area contributed by atoms with Gasteiger partial charge in [-0.25, -0.2) is 0 Å². The van der Waals surface area contributed by atoms with E-state index >= 15 is 0 Å². The summed E-state index contributed by atoms with van der Waals surface area (Å²) in [6.45, 7) is 3.82. The maximum atomic E-state index is 10.9. The zero-order valence-corrected chi connectivity index (χ0v) is 7.22. The van der Waals surface area contributed by atoms with Crippen LogP contribution in [-0.2, 0) is 14.3 Å². The van der Waals surface area contributed by atoms with Crippen molar-refractivity contribution >= 4 is 19.6 Å². The molecule has 1 unspecified atom stereocenters. The second-order valence-electron chi connectivity index (χ2n) is 2.60. The van der Waals surface area contributed by atoms with Gasteiger partial charge >= 0.3 is 5.97 Å². The first-order valence-electron chi connectivity index (χ1n) is 3.76. The molecule has 11 heavy (non-hydrogen) atoms. The normalized spacial score (nSPS) is 12.2. The smallest absolute Gasteiger partial charge is 0.313 e. The monoisotopic (exact) mass is 156 g/mol.